The Morgan fingerprint density at radius 3 is 2.88 bits per heavy atom. The number of rotatable bonds is 1. The predicted octanol–water partition coefficient (Wildman–Crippen LogP) is 2.96. The van der Waals surface area contributed by atoms with Gasteiger partial charge in [0.15, 0.2) is 0 Å². The van der Waals surface area contributed by atoms with Gasteiger partial charge in [0, 0.05) is 11.1 Å². The minimum Gasteiger partial charge on any atom is -0.326 e. The second-order valence-electron chi connectivity index (χ2n) is 4.75. The van der Waals surface area contributed by atoms with Crippen LogP contribution in [0.1, 0.15) is 30.9 Å². The average molecular weight is 257 g/mol. The van der Waals surface area contributed by atoms with Crippen molar-refractivity contribution in [3.05, 3.63) is 34.6 Å². The van der Waals surface area contributed by atoms with E-state index in [1.54, 1.807) is 6.07 Å². The highest BCUT2D eigenvalue weighted by Gasteiger charge is 2.27. The van der Waals surface area contributed by atoms with Crippen LogP contribution >= 0.6 is 11.6 Å². The summed E-state index contributed by atoms with van der Waals surface area (Å²) in [6.45, 7) is 1.01. The molecule has 2 N–H and O–H groups in total. The SMILES string of the molecule is CN1CCCCC(N)C1c1ccc(F)cc1Cl. The molecule has 0 aromatic heterocycles. The van der Waals surface area contributed by atoms with E-state index in [0.717, 1.165) is 31.4 Å². The Balaban J connectivity index is 2.34. The molecule has 0 aliphatic carbocycles. The smallest absolute Gasteiger partial charge is 0.124 e. The third-order valence-corrected chi connectivity index (χ3v) is 3.79. The molecule has 2 unspecified atom stereocenters. The van der Waals surface area contributed by atoms with Crippen LogP contribution in [-0.2, 0) is 0 Å². The monoisotopic (exact) mass is 256 g/mol. The van der Waals surface area contributed by atoms with E-state index in [2.05, 4.69) is 11.9 Å². The fraction of sp³-hybridized carbons (Fsp3) is 0.538. The summed E-state index contributed by atoms with van der Waals surface area (Å²) in [6, 6.07) is 4.72. The summed E-state index contributed by atoms with van der Waals surface area (Å²) in [5.41, 5.74) is 7.15. The van der Waals surface area contributed by atoms with Crippen LogP contribution in [0.25, 0.3) is 0 Å². The number of nitrogens with zero attached hydrogens (tertiary/aromatic N) is 1. The van der Waals surface area contributed by atoms with Gasteiger partial charge in [-0.3, -0.25) is 4.90 Å². The molecule has 1 fully saturated rings. The minimum absolute atomic E-state index is 0.0606. The lowest BCUT2D eigenvalue weighted by molar-refractivity contribution is 0.230. The zero-order chi connectivity index (χ0) is 12.4. The van der Waals surface area contributed by atoms with Crippen molar-refractivity contribution in [1.82, 2.24) is 4.90 Å². The summed E-state index contributed by atoms with van der Waals surface area (Å²) in [5, 5.41) is 0.471. The van der Waals surface area contributed by atoms with E-state index in [4.69, 9.17) is 17.3 Å². The normalized spacial score (nSPS) is 26.8. The molecule has 94 valence electrons. The molecule has 0 spiro atoms. The molecule has 2 rings (SSSR count). The molecule has 0 radical (unpaired) electrons. The number of hydrogen-bond acceptors (Lipinski definition) is 2. The molecule has 2 nitrogen and oxygen atoms in total. The summed E-state index contributed by atoms with van der Waals surface area (Å²) >= 11 is 6.12. The Hall–Kier alpha value is -0.640. The van der Waals surface area contributed by atoms with Crippen LogP contribution in [0.4, 0.5) is 4.39 Å². The van der Waals surface area contributed by atoms with E-state index in [9.17, 15) is 4.39 Å². The lowest BCUT2D eigenvalue weighted by Gasteiger charge is -2.31. The van der Waals surface area contributed by atoms with Crippen LogP contribution in [0, 0.1) is 5.82 Å². The molecule has 0 bridgehead atoms. The van der Waals surface area contributed by atoms with E-state index in [-0.39, 0.29) is 17.9 Å². The number of likely N-dealkylation sites (N-methyl/N-ethyl adjacent to an activating group) is 1. The highest BCUT2D eigenvalue weighted by Crippen LogP contribution is 2.32. The van der Waals surface area contributed by atoms with Crippen molar-refractivity contribution in [3.63, 3.8) is 0 Å². The summed E-state index contributed by atoms with van der Waals surface area (Å²) in [6.07, 6.45) is 3.28. The van der Waals surface area contributed by atoms with Crippen molar-refractivity contribution < 1.29 is 4.39 Å². The maximum absolute atomic E-state index is 13.1. The van der Waals surface area contributed by atoms with E-state index < -0.39 is 0 Å². The number of benzene rings is 1. The van der Waals surface area contributed by atoms with Crippen LogP contribution in [-0.4, -0.2) is 24.5 Å². The Kier molecular flexibility index (Phi) is 4.02. The van der Waals surface area contributed by atoms with E-state index >= 15 is 0 Å². The standard InChI is InChI=1S/C13H18ClFN2/c1-17-7-3-2-4-12(16)13(17)10-6-5-9(15)8-11(10)14/h5-6,8,12-13H,2-4,7,16H2,1H3. The van der Waals surface area contributed by atoms with Gasteiger partial charge < -0.3 is 5.73 Å². The number of halogens is 2. The first kappa shape index (κ1) is 12.8. The molecule has 1 aromatic rings. The van der Waals surface area contributed by atoms with E-state index in [1.165, 1.54) is 12.1 Å². The molecule has 0 amide bonds. The van der Waals surface area contributed by atoms with Crippen molar-refractivity contribution in [3.8, 4) is 0 Å². The van der Waals surface area contributed by atoms with Gasteiger partial charge in [0.05, 0.1) is 6.04 Å². The maximum atomic E-state index is 13.1. The second-order valence-corrected chi connectivity index (χ2v) is 5.16. The first-order valence-corrected chi connectivity index (χ1v) is 6.38. The van der Waals surface area contributed by atoms with Gasteiger partial charge in [-0.1, -0.05) is 24.1 Å². The zero-order valence-corrected chi connectivity index (χ0v) is 10.8. The van der Waals surface area contributed by atoms with Crippen molar-refractivity contribution >= 4 is 11.6 Å². The summed E-state index contributed by atoms with van der Waals surface area (Å²) in [4.78, 5) is 2.22. The Labute approximate surface area is 107 Å². The Morgan fingerprint density at radius 2 is 2.18 bits per heavy atom. The van der Waals surface area contributed by atoms with Gasteiger partial charge in [0.1, 0.15) is 5.82 Å². The van der Waals surface area contributed by atoms with E-state index in [1.807, 2.05) is 0 Å². The number of nitrogens with two attached hydrogens (primary N) is 1. The van der Waals surface area contributed by atoms with Crippen molar-refractivity contribution in [1.29, 1.82) is 0 Å². The van der Waals surface area contributed by atoms with Crippen LogP contribution in [0.3, 0.4) is 0 Å². The van der Waals surface area contributed by atoms with Gasteiger partial charge in [-0.05, 0) is 44.1 Å². The van der Waals surface area contributed by atoms with Gasteiger partial charge in [0.25, 0.3) is 0 Å². The zero-order valence-electron chi connectivity index (χ0n) is 10.00. The van der Waals surface area contributed by atoms with Gasteiger partial charge in [-0.2, -0.15) is 0 Å². The number of likely N-dealkylation sites (tertiary alicyclic amines) is 1. The first-order valence-electron chi connectivity index (χ1n) is 6.00. The Morgan fingerprint density at radius 1 is 1.41 bits per heavy atom. The summed E-state index contributed by atoms with van der Waals surface area (Å²) < 4.78 is 13.1. The molecule has 17 heavy (non-hydrogen) atoms. The molecule has 1 heterocycles. The molecule has 1 aliphatic heterocycles. The first-order chi connectivity index (χ1) is 8.09. The van der Waals surface area contributed by atoms with E-state index in [0.29, 0.717) is 5.02 Å². The minimum atomic E-state index is -0.302. The third kappa shape index (κ3) is 2.79. The Bertz CT molecular complexity index is 385. The highest BCUT2D eigenvalue weighted by atomic mass is 35.5. The van der Waals surface area contributed by atoms with Gasteiger partial charge in [0.2, 0.25) is 0 Å². The molecule has 1 aliphatic rings. The van der Waals surface area contributed by atoms with Gasteiger partial charge in [-0.15, -0.1) is 0 Å². The van der Waals surface area contributed by atoms with Gasteiger partial charge >= 0.3 is 0 Å². The lowest BCUT2D eigenvalue weighted by Crippen LogP contribution is -2.37. The predicted molar refractivity (Wildman–Crippen MR) is 68.6 cm³/mol. The fourth-order valence-electron chi connectivity index (χ4n) is 2.57. The molecule has 1 aromatic carbocycles. The topological polar surface area (TPSA) is 29.3 Å². The molecular weight excluding hydrogens is 239 g/mol. The van der Waals surface area contributed by atoms with Crippen molar-refractivity contribution in [2.75, 3.05) is 13.6 Å². The quantitative estimate of drug-likeness (QED) is 0.837. The van der Waals surface area contributed by atoms with Crippen LogP contribution in [0.5, 0.6) is 0 Å². The molecular formula is C13H18ClFN2. The average Bonchev–Trinajstić information content (AvgIpc) is 2.42. The van der Waals surface area contributed by atoms with Gasteiger partial charge in [-0.25, -0.2) is 4.39 Å². The van der Waals surface area contributed by atoms with Crippen molar-refractivity contribution in [2.24, 2.45) is 5.73 Å². The van der Waals surface area contributed by atoms with Crippen molar-refractivity contribution in [2.45, 2.75) is 31.3 Å². The second kappa shape index (κ2) is 5.34. The fourth-order valence-corrected chi connectivity index (χ4v) is 2.85. The summed E-state index contributed by atoms with van der Waals surface area (Å²) in [5.74, 6) is -0.302. The van der Waals surface area contributed by atoms with Crippen LogP contribution in [0.15, 0.2) is 18.2 Å². The van der Waals surface area contributed by atoms with Crippen LogP contribution in [0.2, 0.25) is 5.02 Å². The highest BCUT2D eigenvalue weighted by molar-refractivity contribution is 6.31. The number of hydrogen-bond donors (Lipinski definition) is 1. The molecule has 1 saturated heterocycles. The van der Waals surface area contributed by atoms with Crippen LogP contribution < -0.4 is 5.73 Å². The largest absolute Gasteiger partial charge is 0.326 e. The maximum Gasteiger partial charge on any atom is 0.124 e. The summed E-state index contributed by atoms with van der Waals surface area (Å²) in [7, 11) is 2.05. The molecule has 0 saturated carbocycles. The lowest BCUT2D eigenvalue weighted by atomic mass is 9.96. The molecule has 4 heteroatoms. The molecule has 2 atom stereocenters. The third-order valence-electron chi connectivity index (χ3n) is 3.46.